The third-order valence-electron chi connectivity index (χ3n) is 5.01. The Hall–Kier alpha value is -2.48. The smallest absolute Gasteiger partial charge is 0.231 e. The van der Waals surface area contributed by atoms with Crippen molar-refractivity contribution in [3.8, 4) is 11.5 Å². The number of nitrogens with one attached hydrogen (secondary N) is 1. The number of hydrogen-bond acceptors (Lipinski definition) is 6. The highest BCUT2D eigenvalue weighted by Gasteiger charge is 2.16. The molecular formula is C20H27N5O2S. The molecule has 7 nitrogen and oxygen atoms in total. The summed E-state index contributed by atoms with van der Waals surface area (Å²) in [5.74, 6) is 2.49. The summed E-state index contributed by atoms with van der Waals surface area (Å²) in [5, 5.41) is 6.78. The molecule has 0 aliphatic carbocycles. The number of fused-ring (bicyclic) bond motifs is 1. The fourth-order valence-electron chi connectivity index (χ4n) is 3.54. The van der Waals surface area contributed by atoms with Crippen LogP contribution in [-0.2, 0) is 13.0 Å². The van der Waals surface area contributed by atoms with Gasteiger partial charge in [0, 0.05) is 52.1 Å². The fourth-order valence-corrected chi connectivity index (χ4v) is 4.45. The molecule has 8 heteroatoms. The predicted octanol–water partition coefficient (Wildman–Crippen LogP) is 2.72. The highest BCUT2D eigenvalue weighted by molar-refractivity contribution is 7.13. The molecule has 2 aliphatic heterocycles. The van der Waals surface area contributed by atoms with Crippen LogP contribution >= 0.6 is 11.3 Å². The van der Waals surface area contributed by atoms with Gasteiger partial charge in [0.1, 0.15) is 0 Å². The van der Waals surface area contributed by atoms with Crippen LogP contribution in [0.15, 0.2) is 28.6 Å². The van der Waals surface area contributed by atoms with Crippen LogP contribution < -0.4 is 19.7 Å². The molecule has 2 aliphatic rings. The van der Waals surface area contributed by atoms with E-state index in [0.29, 0.717) is 6.79 Å². The van der Waals surface area contributed by atoms with E-state index in [4.69, 9.17) is 14.5 Å². The van der Waals surface area contributed by atoms with Gasteiger partial charge in [-0.3, -0.25) is 4.99 Å². The molecule has 1 aromatic heterocycles. The second kappa shape index (κ2) is 8.68. The molecule has 0 atom stereocenters. The molecule has 2 aromatic rings. The van der Waals surface area contributed by atoms with E-state index < -0.39 is 0 Å². The first-order chi connectivity index (χ1) is 13.7. The van der Waals surface area contributed by atoms with E-state index >= 15 is 0 Å². The lowest BCUT2D eigenvalue weighted by molar-refractivity contribution is 0.174. The van der Waals surface area contributed by atoms with Gasteiger partial charge < -0.3 is 24.6 Å². The Balaban J connectivity index is 1.27. The van der Waals surface area contributed by atoms with Gasteiger partial charge in [-0.1, -0.05) is 6.07 Å². The molecule has 0 saturated carbocycles. The first-order valence-electron chi connectivity index (χ1n) is 9.72. The van der Waals surface area contributed by atoms with Crippen molar-refractivity contribution in [2.24, 2.45) is 4.99 Å². The Morgan fingerprint density at radius 2 is 2.11 bits per heavy atom. The molecule has 3 heterocycles. The summed E-state index contributed by atoms with van der Waals surface area (Å²) in [5.41, 5.74) is 2.30. The summed E-state index contributed by atoms with van der Waals surface area (Å²) in [6.07, 6.45) is 3.45. The van der Waals surface area contributed by atoms with E-state index in [-0.39, 0.29) is 0 Å². The second-order valence-electron chi connectivity index (χ2n) is 7.08. The Kier molecular flexibility index (Phi) is 5.85. The highest BCUT2D eigenvalue weighted by atomic mass is 32.1. The molecular weight excluding hydrogens is 374 g/mol. The number of anilines is 1. The summed E-state index contributed by atoms with van der Waals surface area (Å²) >= 11 is 1.75. The zero-order valence-electron chi connectivity index (χ0n) is 16.5. The normalized spacial score (nSPS) is 15.9. The summed E-state index contributed by atoms with van der Waals surface area (Å²) in [6.45, 7) is 4.13. The summed E-state index contributed by atoms with van der Waals surface area (Å²) in [7, 11) is 3.85. The molecule has 4 rings (SSSR count). The first-order valence-corrected chi connectivity index (χ1v) is 10.6. The summed E-state index contributed by atoms with van der Waals surface area (Å²) in [6, 6.07) is 6.05. The number of nitrogens with zero attached hydrogens (tertiary/aromatic N) is 4. The van der Waals surface area contributed by atoms with Crippen LogP contribution in [0.4, 0.5) is 5.13 Å². The lowest BCUT2D eigenvalue weighted by Gasteiger charge is -2.22. The van der Waals surface area contributed by atoms with E-state index in [1.54, 1.807) is 11.3 Å². The maximum Gasteiger partial charge on any atom is 0.231 e. The van der Waals surface area contributed by atoms with E-state index in [1.165, 1.54) is 12.8 Å². The van der Waals surface area contributed by atoms with Crippen LogP contribution in [0.3, 0.4) is 0 Å². The third-order valence-corrected chi connectivity index (χ3v) is 5.96. The van der Waals surface area contributed by atoms with Crippen LogP contribution in [0.1, 0.15) is 24.1 Å². The Labute approximate surface area is 170 Å². The van der Waals surface area contributed by atoms with Crippen LogP contribution in [0, 0.1) is 0 Å². The number of aromatic nitrogens is 1. The van der Waals surface area contributed by atoms with Crippen LogP contribution in [0.5, 0.6) is 11.5 Å². The van der Waals surface area contributed by atoms with Gasteiger partial charge in [0.05, 0.1) is 5.69 Å². The molecule has 0 amide bonds. The van der Waals surface area contributed by atoms with E-state index in [1.807, 2.05) is 26.2 Å². The van der Waals surface area contributed by atoms with Gasteiger partial charge in [-0.25, -0.2) is 4.98 Å². The van der Waals surface area contributed by atoms with Crippen molar-refractivity contribution < 1.29 is 9.47 Å². The Morgan fingerprint density at radius 3 is 2.93 bits per heavy atom. The first kappa shape index (κ1) is 18.9. The molecule has 1 aromatic carbocycles. The monoisotopic (exact) mass is 401 g/mol. The zero-order valence-corrected chi connectivity index (χ0v) is 17.3. The number of rotatable bonds is 6. The summed E-state index contributed by atoms with van der Waals surface area (Å²) in [4.78, 5) is 13.7. The van der Waals surface area contributed by atoms with Gasteiger partial charge in [0.2, 0.25) is 6.79 Å². The number of ether oxygens (including phenoxy) is 2. The summed E-state index contributed by atoms with van der Waals surface area (Å²) < 4.78 is 10.8. The van der Waals surface area contributed by atoms with Gasteiger partial charge in [-0.2, -0.15) is 0 Å². The zero-order chi connectivity index (χ0) is 19.3. The molecule has 28 heavy (non-hydrogen) atoms. The van der Waals surface area contributed by atoms with Gasteiger partial charge in [-0.05, 0) is 30.5 Å². The van der Waals surface area contributed by atoms with Gasteiger partial charge in [0.25, 0.3) is 0 Å². The minimum absolute atomic E-state index is 0.300. The molecule has 0 spiro atoms. The van der Waals surface area contributed by atoms with E-state index in [2.05, 4.69) is 31.6 Å². The average Bonchev–Trinajstić information content (AvgIpc) is 3.46. The fraction of sp³-hybridized carbons (Fsp3) is 0.500. The van der Waals surface area contributed by atoms with Crippen molar-refractivity contribution >= 4 is 22.4 Å². The number of guanidine groups is 1. The molecule has 0 bridgehead atoms. The minimum atomic E-state index is 0.300. The van der Waals surface area contributed by atoms with Crippen molar-refractivity contribution in [2.75, 3.05) is 45.4 Å². The molecule has 0 radical (unpaired) electrons. The standard InChI is InChI=1S/C20H27N5O2S/c1-21-19(24(2)12-15-5-6-17-18(11-15)27-14-26-17)22-8-7-16-13-28-20(23-16)25-9-3-4-10-25/h5-6,11,13H,3-4,7-10,12,14H2,1-2H3,(H,21,22). The molecule has 1 fully saturated rings. The molecule has 0 unspecified atom stereocenters. The van der Waals surface area contributed by atoms with E-state index in [0.717, 1.165) is 66.4 Å². The van der Waals surface area contributed by atoms with Crippen molar-refractivity contribution in [3.05, 3.63) is 34.8 Å². The number of benzene rings is 1. The van der Waals surface area contributed by atoms with E-state index in [9.17, 15) is 0 Å². The maximum absolute atomic E-state index is 5.46. The number of hydrogen-bond donors (Lipinski definition) is 1. The van der Waals surface area contributed by atoms with Crippen molar-refractivity contribution in [3.63, 3.8) is 0 Å². The predicted molar refractivity (Wildman–Crippen MR) is 113 cm³/mol. The maximum atomic E-state index is 5.46. The number of aliphatic imine (C=N–C) groups is 1. The largest absolute Gasteiger partial charge is 0.454 e. The Morgan fingerprint density at radius 1 is 1.29 bits per heavy atom. The van der Waals surface area contributed by atoms with Crippen molar-refractivity contribution in [1.29, 1.82) is 0 Å². The quantitative estimate of drug-likeness (QED) is 0.593. The van der Waals surface area contributed by atoms with Crippen LogP contribution in [0.25, 0.3) is 0 Å². The third kappa shape index (κ3) is 4.32. The number of thiazole rings is 1. The highest BCUT2D eigenvalue weighted by Crippen LogP contribution is 2.32. The topological polar surface area (TPSA) is 62.2 Å². The van der Waals surface area contributed by atoms with Crippen LogP contribution in [-0.4, -0.2) is 56.4 Å². The van der Waals surface area contributed by atoms with Gasteiger partial charge in [0.15, 0.2) is 22.6 Å². The SMILES string of the molecule is CN=C(NCCc1csc(N2CCCC2)n1)N(C)Cc1ccc2c(c1)OCO2. The van der Waals surface area contributed by atoms with Crippen molar-refractivity contribution in [1.82, 2.24) is 15.2 Å². The van der Waals surface area contributed by atoms with Gasteiger partial charge in [-0.15, -0.1) is 11.3 Å². The molecule has 1 saturated heterocycles. The van der Waals surface area contributed by atoms with Gasteiger partial charge >= 0.3 is 0 Å². The van der Waals surface area contributed by atoms with Crippen LogP contribution in [0.2, 0.25) is 0 Å². The Bertz CT molecular complexity index is 832. The lowest BCUT2D eigenvalue weighted by Crippen LogP contribution is -2.39. The average molecular weight is 402 g/mol. The second-order valence-corrected chi connectivity index (χ2v) is 7.92. The minimum Gasteiger partial charge on any atom is -0.454 e. The molecule has 1 N–H and O–H groups in total. The molecule has 150 valence electrons. The lowest BCUT2D eigenvalue weighted by atomic mass is 10.2. The van der Waals surface area contributed by atoms with Crippen molar-refractivity contribution in [2.45, 2.75) is 25.8 Å².